The summed E-state index contributed by atoms with van der Waals surface area (Å²) in [4.78, 5) is 21.5. The average molecular weight is 408 g/mol. The maximum atomic E-state index is 13.2. The van der Waals surface area contributed by atoms with Crippen molar-refractivity contribution in [1.82, 2.24) is 10.1 Å². The van der Waals surface area contributed by atoms with Gasteiger partial charge in [0.15, 0.2) is 5.58 Å². The Labute approximate surface area is 167 Å². The summed E-state index contributed by atoms with van der Waals surface area (Å²) < 4.78 is 18.4. The van der Waals surface area contributed by atoms with E-state index in [-0.39, 0.29) is 12.4 Å². The fourth-order valence-electron chi connectivity index (χ4n) is 3.26. The number of piperidine rings is 1. The Hall–Kier alpha value is -2.78. The molecule has 158 valence electrons. The zero-order chi connectivity index (χ0) is 21.4. The Kier molecular flexibility index (Phi) is 8.29. The fourth-order valence-corrected chi connectivity index (χ4v) is 3.26. The van der Waals surface area contributed by atoms with Gasteiger partial charge in [0.2, 0.25) is 0 Å². The molecule has 1 aliphatic heterocycles. The van der Waals surface area contributed by atoms with Crippen LogP contribution in [0.1, 0.15) is 31.4 Å². The fraction of sp³-hybridized carbons (Fsp3) is 0.450. The van der Waals surface area contributed by atoms with Crippen LogP contribution in [-0.2, 0) is 9.59 Å². The molecule has 0 amide bonds. The first kappa shape index (κ1) is 22.5. The van der Waals surface area contributed by atoms with Crippen LogP contribution in [0.15, 0.2) is 34.9 Å². The molecule has 0 radical (unpaired) electrons. The lowest BCUT2D eigenvalue weighted by Gasteiger charge is -2.32. The van der Waals surface area contributed by atoms with E-state index in [0.29, 0.717) is 29.6 Å². The van der Waals surface area contributed by atoms with Crippen LogP contribution in [0.25, 0.3) is 11.0 Å². The largest absolute Gasteiger partial charge is 0.478 e. The predicted octanol–water partition coefficient (Wildman–Crippen LogP) is 2.49. The van der Waals surface area contributed by atoms with Crippen molar-refractivity contribution in [3.63, 3.8) is 0 Å². The Balaban J connectivity index is 0.000000321. The molecule has 2 aromatic rings. The van der Waals surface area contributed by atoms with E-state index in [0.717, 1.165) is 43.6 Å². The summed E-state index contributed by atoms with van der Waals surface area (Å²) in [7, 11) is 0. The molecule has 3 rings (SSSR count). The molecule has 2 heterocycles. The van der Waals surface area contributed by atoms with Crippen LogP contribution in [-0.4, -0.2) is 63.6 Å². The first-order valence-electron chi connectivity index (χ1n) is 9.32. The minimum atomic E-state index is -1.26. The van der Waals surface area contributed by atoms with Gasteiger partial charge in [-0.1, -0.05) is 12.1 Å². The van der Waals surface area contributed by atoms with Crippen LogP contribution in [0.2, 0.25) is 0 Å². The number of aliphatic carboxylic acids is 2. The number of fused-ring (bicyclic) bond motifs is 1. The van der Waals surface area contributed by atoms with Gasteiger partial charge < -0.3 is 24.7 Å². The van der Waals surface area contributed by atoms with E-state index >= 15 is 0 Å². The van der Waals surface area contributed by atoms with Crippen molar-refractivity contribution in [2.24, 2.45) is 5.92 Å². The standard InChI is InChI=1S/C16H21FN2O2.C4H4O4/c1-11(10-20)9-19-6-4-12(5-7-19)16-14-3-2-13(17)8-15(14)21-18-16;5-3(6)1-2-4(7)8/h2-3,8,11-12,20H,4-7,9-10H2,1H3;1-2H,(H,5,6)(H,7,8)/t11-;/m0./s1. The van der Waals surface area contributed by atoms with Gasteiger partial charge in [0.1, 0.15) is 5.82 Å². The summed E-state index contributed by atoms with van der Waals surface area (Å²) in [6.45, 7) is 5.24. The maximum Gasteiger partial charge on any atom is 0.328 e. The number of halogens is 1. The monoisotopic (exact) mass is 408 g/mol. The van der Waals surface area contributed by atoms with Crippen LogP contribution in [0, 0.1) is 11.7 Å². The molecule has 3 N–H and O–H groups in total. The van der Waals surface area contributed by atoms with Crippen LogP contribution in [0.3, 0.4) is 0 Å². The van der Waals surface area contributed by atoms with Gasteiger partial charge in [0.25, 0.3) is 0 Å². The van der Waals surface area contributed by atoms with Gasteiger partial charge in [-0.05, 0) is 44.0 Å². The lowest BCUT2D eigenvalue weighted by atomic mass is 9.91. The number of rotatable bonds is 6. The van der Waals surface area contributed by atoms with Gasteiger partial charge in [-0.15, -0.1) is 0 Å². The number of aromatic nitrogens is 1. The van der Waals surface area contributed by atoms with Crippen LogP contribution in [0.4, 0.5) is 4.39 Å². The molecule has 0 aliphatic carbocycles. The normalized spacial score (nSPS) is 16.5. The number of carbonyl (C=O) groups is 2. The van der Waals surface area contributed by atoms with Gasteiger partial charge in [-0.2, -0.15) is 0 Å². The molecule has 29 heavy (non-hydrogen) atoms. The second-order valence-electron chi connectivity index (χ2n) is 7.08. The topological polar surface area (TPSA) is 124 Å². The number of carboxylic acids is 2. The molecule has 0 unspecified atom stereocenters. The number of benzene rings is 1. The molecule has 0 spiro atoms. The third kappa shape index (κ3) is 6.95. The van der Waals surface area contributed by atoms with Crippen LogP contribution in [0.5, 0.6) is 0 Å². The van der Waals surface area contributed by atoms with E-state index in [1.54, 1.807) is 6.07 Å². The van der Waals surface area contributed by atoms with Crippen molar-refractivity contribution in [2.45, 2.75) is 25.7 Å². The Morgan fingerprint density at radius 2 is 1.90 bits per heavy atom. The first-order valence-corrected chi connectivity index (χ1v) is 9.32. The van der Waals surface area contributed by atoms with Gasteiger partial charge in [0.05, 0.1) is 5.69 Å². The van der Waals surface area contributed by atoms with Crippen LogP contribution >= 0.6 is 0 Å². The molecule has 1 fully saturated rings. The summed E-state index contributed by atoms with van der Waals surface area (Å²) in [5, 5.41) is 29.8. The van der Waals surface area contributed by atoms with Crippen molar-refractivity contribution in [1.29, 1.82) is 0 Å². The molecule has 9 heteroatoms. The van der Waals surface area contributed by atoms with Gasteiger partial charge >= 0.3 is 11.9 Å². The number of carboxylic acid groups (broad SMARTS) is 2. The van der Waals surface area contributed by atoms with E-state index in [1.165, 1.54) is 12.1 Å². The quantitative estimate of drug-likeness (QED) is 0.623. The maximum absolute atomic E-state index is 13.2. The van der Waals surface area contributed by atoms with E-state index in [2.05, 4.69) is 17.0 Å². The second kappa shape index (κ2) is 10.7. The summed E-state index contributed by atoms with van der Waals surface area (Å²) in [6, 6.07) is 4.61. The van der Waals surface area contributed by atoms with Crippen molar-refractivity contribution in [2.75, 3.05) is 26.2 Å². The minimum absolute atomic E-state index is 0.236. The van der Waals surface area contributed by atoms with Crippen LogP contribution < -0.4 is 0 Å². The van der Waals surface area contributed by atoms with Crippen molar-refractivity contribution >= 4 is 22.9 Å². The molecule has 1 atom stereocenters. The second-order valence-corrected chi connectivity index (χ2v) is 7.08. The summed E-state index contributed by atoms with van der Waals surface area (Å²) in [5.74, 6) is -2.12. The third-order valence-electron chi connectivity index (χ3n) is 4.69. The number of aliphatic hydroxyl groups excluding tert-OH is 1. The zero-order valence-corrected chi connectivity index (χ0v) is 16.1. The number of hydrogen-bond acceptors (Lipinski definition) is 6. The molecule has 1 saturated heterocycles. The smallest absolute Gasteiger partial charge is 0.328 e. The number of hydrogen-bond donors (Lipinski definition) is 3. The van der Waals surface area contributed by atoms with Gasteiger partial charge in [-0.3, -0.25) is 0 Å². The van der Waals surface area contributed by atoms with E-state index in [1.807, 2.05) is 0 Å². The Bertz CT molecular complexity index is 842. The molecule has 1 aromatic heterocycles. The Morgan fingerprint density at radius 3 is 2.45 bits per heavy atom. The minimum Gasteiger partial charge on any atom is -0.478 e. The summed E-state index contributed by atoms with van der Waals surface area (Å²) in [5.41, 5.74) is 1.49. The van der Waals surface area contributed by atoms with E-state index in [4.69, 9.17) is 19.8 Å². The predicted molar refractivity (Wildman–Crippen MR) is 103 cm³/mol. The number of likely N-dealkylation sites (tertiary alicyclic amines) is 1. The molecule has 0 bridgehead atoms. The van der Waals surface area contributed by atoms with Gasteiger partial charge in [-0.25, -0.2) is 14.0 Å². The molecular formula is C20H25FN2O6. The molecule has 1 aromatic carbocycles. The molecule has 1 aliphatic rings. The first-order chi connectivity index (χ1) is 13.8. The highest BCUT2D eigenvalue weighted by Gasteiger charge is 2.25. The zero-order valence-electron chi connectivity index (χ0n) is 16.1. The molecule has 8 nitrogen and oxygen atoms in total. The lowest BCUT2D eigenvalue weighted by Crippen LogP contribution is -2.36. The van der Waals surface area contributed by atoms with Crippen molar-refractivity contribution < 1.29 is 33.8 Å². The highest BCUT2D eigenvalue weighted by atomic mass is 19.1. The average Bonchev–Trinajstić information content (AvgIpc) is 3.10. The highest BCUT2D eigenvalue weighted by Crippen LogP contribution is 2.32. The SMILES string of the molecule is C[C@H](CO)CN1CCC(c2noc3cc(F)ccc23)CC1.O=C(O)C=CC(=O)O. The summed E-state index contributed by atoms with van der Waals surface area (Å²) in [6.07, 6.45) is 3.17. The highest BCUT2D eigenvalue weighted by molar-refractivity contribution is 5.89. The van der Waals surface area contributed by atoms with Crippen molar-refractivity contribution in [3.8, 4) is 0 Å². The Morgan fingerprint density at radius 1 is 1.28 bits per heavy atom. The number of aliphatic hydroxyl groups is 1. The van der Waals surface area contributed by atoms with E-state index < -0.39 is 11.9 Å². The molecule has 0 saturated carbocycles. The van der Waals surface area contributed by atoms with Crippen molar-refractivity contribution in [3.05, 3.63) is 41.9 Å². The lowest BCUT2D eigenvalue weighted by molar-refractivity contribution is -0.134. The summed E-state index contributed by atoms with van der Waals surface area (Å²) >= 11 is 0. The molecular weight excluding hydrogens is 383 g/mol. The van der Waals surface area contributed by atoms with Gasteiger partial charge in [0, 0.05) is 42.7 Å². The number of nitrogens with zero attached hydrogens (tertiary/aromatic N) is 2. The van der Waals surface area contributed by atoms with E-state index in [9.17, 15) is 14.0 Å². The third-order valence-corrected chi connectivity index (χ3v) is 4.69.